The number of carbonyl (C=O) groups is 4. The zero-order valence-corrected chi connectivity index (χ0v) is 28.3. The van der Waals surface area contributed by atoms with Crippen LogP contribution >= 0.6 is 0 Å². The van der Waals surface area contributed by atoms with Crippen LogP contribution in [0.15, 0.2) is 27.4 Å². The monoisotopic (exact) mass is 690 g/mol. The van der Waals surface area contributed by atoms with Gasteiger partial charge in [-0.15, -0.1) is 0 Å². The molecule has 2 saturated heterocycles. The summed E-state index contributed by atoms with van der Waals surface area (Å²) in [7, 11) is 0. The van der Waals surface area contributed by atoms with Crippen LogP contribution in [0.25, 0.3) is 11.0 Å². The fourth-order valence-corrected chi connectivity index (χ4v) is 8.83. The van der Waals surface area contributed by atoms with Crippen LogP contribution in [-0.2, 0) is 44.3 Å². The van der Waals surface area contributed by atoms with E-state index in [-0.39, 0.29) is 24.2 Å². The number of hydrogen-bond donors (Lipinski definition) is 0. The first kappa shape index (κ1) is 33.4. The van der Waals surface area contributed by atoms with Crippen LogP contribution in [-0.4, -0.2) is 46.8 Å². The number of carbonyl (C=O) groups excluding carboxylic acids is 4. The predicted molar refractivity (Wildman–Crippen MR) is 161 cm³/mol. The summed E-state index contributed by atoms with van der Waals surface area (Å²) in [6, 6.07) is 2.61. The quantitative estimate of drug-likeness (QED) is 0.221. The number of hydrogen-bond acceptors (Lipinski definition) is 11. The van der Waals surface area contributed by atoms with E-state index in [0.29, 0.717) is 18.9 Å². The maximum Gasteiger partial charge on any atom is 0.417 e. The summed E-state index contributed by atoms with van der Waals surface area (Å²) in [5, 5.41) is -0.532. The molecule has 11 nitrogen and oxygen atoms in total. The average Bonchev–Trinajstić information content (AvgIpc) is 3.45. The lowest BCUT2D eigenvalue weighted by Gasteiger charge is -2.45. The van der Waals surface area contributed by atoms with E-state index in [0.717, 1.165) is 6.07 Å². The summed E-state index contributed by atoms with van der Waals surface area (Å²) in [6.07, 6.45) is -7.45. The zero-order valence-electron chi connectivity index (χ0n) is 28.3. The minimum Gasteiger partial charge on any atom is -0.483 e. The Labute approximate surface area is 278 Å². The highest BCUT2D eigenvalue weighted by Gasteiger charge is 2.78. The van der Waals surface area contributed by atoms with E-state index in [2.05, 4.69) is 0 Å². The van der Waals surface area contributed by atoms with Crippen molar-refractivity contribution in [3.05, 3.63) is 39.7 Å². The second-order valence-corrected chi connectivity index (χ2v) is 16.0. The summed E-state index contributed by atoms with van der Waals surface area (Å²) >= 11 is 0. The van der Waals surface area contributed by atoms with Crippen LogP contribution in [0.5, 0.6) is 5.75 Å². The second kappa shape index (κ2) is 9.36. The van der Waals surface area contributed by atoms with Gasteiger partial charge in [-0.2, -0.15) is 13.2 Å². The van der Waals surface area contributed by atoms with Crippen LogP contribution in [0.2, 0.25) is 0 Å². The van der Waals surface area contributed by atoms with Crippen molar-refractivity contribution in [2.24, 2.45) is 21.7 Å². The van der Waals surface area contributed by atoms with Crippen molar-refractivity contribution in [2.75, 3.05) is 0 Å². The molecule has 2 aromatic rings. The topological polar surface area (TPSA) is 145 Å². The van der Waals surface area contributed by atoms with Gasteiger partial charge in [0.15, 0.2) is 12.2 Å². The van der Waals surface area contributed by atoms with Crippen molar-refractivity contribution in [1.29, 1.82) is 0 Å². The van der Waals surface area contributed by atoms with Gasteiger partial charge in [-0.25, -0.2) is 14.4 Å². The van der Waals surface area contributed by atoms with E-state index in [1.165, 1.54) is 19.9 Å². The van der Waals surface area contributed by atoms with Crippen LogP contribution in [0, 0.1) is 21.7 Å². The van der Waals surface area contributed by atoms with E-state index < -0.39 is 103 Å². The van der Waals surface area contributed by atoms with Crippen molar-refractivity contribution in [3.8, 4) is 5.75 Å². The van der Waals surface area contributed by atoms with Crippen molar-refractivity contribution < 1.29 is 60.5 Å². The molecule has 3 aliphatic heterocycles. The Morgan fingerprint density at radius 2 is 1.27 bits per heavy atom. The van der Waals surface area contributed by atoms with Gasteiger partial charge >= 0.3 is 35.7 Å². The smallest absolute Gasteiger partial charge is 0.417 e. The molecular formula is C35H37F3O11. The van der Waals surface area contributed by atoms with Crippen LogP contribution in [0.1, 0.15) is 98.3 Å². The molecule has 7 rings (SSSR count). The van der Waals surface area contributed by atoms with Crippen molar-refractivity contribution in [1.82, 2.24) is 0 Å². The highest BCUT2D eigenvalue weighted by Crippen LogP contribution is 2.67. The Morgan fingerprint density at radius 3 is 1.71 bits per heavy atom. The van der Waals surface area contributed by atoms with Gasteiger partial charge < -0.3 is 28.1 Å². The van der Waals surface area contributed by atoms with Crippen molar-refractivity contribution in [3.63, 3.8) is 0 Å². The molecule has 4 fully saturated rings. The normalized spacial score (nSPS) is 36.1. The van der Waals surface area contributed by atoms with E-state index in [4.69, 9.17) is 28.1 Å². The molecule has 14 heteroatoms. The Bertz CT molecular complexity index is 1940. The molecule has 0 N–H and O–H groups in total. The van der Waals surface area contributed by atoms with Gasteiger partial charge in [0.05, 0.1) is 22.0 Å². The van der Waals surface area contributed by atoms with Gasteiger partial charge in [-0.05, 0) is 65.5 Å². The standard InChI is InChI=1S/C35H37F3O11/c1-28(2)23(46-27(43)34-14-12-32(8,25(41)49-34)30(34,5)6)22(45-26(42)33-13-11-31(7,24(40)48-33)29(33,3)4)20-18(47-28)10-9-16-17(35(36,37)38)15-19(39)44-21(16)20/h9-10,15,22-23H,11-14H2,1-8H3/t22-,23-,31-,32-,33-,34-/m1/s1. The SMILES string of the molecule is CC1(C)Oc2ccc3c(C(F)(F)F)cc(=O)oc3c2[C@@H](OC(=O)[C@@]23CC[C@](C)(C(=O)O2)C3(C)C)[C@H]1OC(=O)[C@@]12CC[C@](C)(C(=O)O1)C2(C)C. The predicted octanol–water partition coefficient (Wildman–Crippen LogP) is 5.72. The molecule has 2 aliphatic carbocycles. The molecular weight excluding hydrogens is 653 g/mol. The van der Waals surface area contributed by atoms with Gasteiger partial charge in [0.1, 0.15) is 16.9 Å². The lowest BCUT2D eigenvalue weighted by Crippen LogP contribution is -2.57. The largest absolute Gasteiger partial charge is 0.483 e. The fraction of sp³-hybridized carbons (Fsp3) is 0.629. The Hall–Kier alpha value is -4.10. The van der Waals surface area contributed by atoms with Crippen LogP contribution in [0.3, 0.4) is 0 Å². The number of rotatable bonds is 4. The van der Waals surface area contributed by atoms with Gasteiger partial charge in [-0.1, -0.05) is 27.7 Å². The molecule has 264 valence electrons. The first-order chi connectivity index (χ1) is 22.4. The molecule has 2 saturated carbocycles. The molecule has 0 radical (unpaired) electrons. The van der Waals surface area contributed by atoms with E-state index in [9.17, 15) is 37.1 Å². The molecule has 0 spiro atoms. The molecule has 1 aromatic carbocycles. The third-order valence-corrected chi connectivity index (χ3v) is 13.1. The molecule has 49 heavy (non-hydrogen) atoms. The third kappa shape index (κ3) is 3.83. The summed E-state index contributed by atoms with van der Waals surface area (Å²) in [6.45, 7) is 13.3. The highest BCUT2D eigenvalue weighted by atomic mass is 19.4. The molecule has 0 amide bonds. The summed E-state index contributed by atoms with van der Waals surface area (Å²) in [5.41, 5.74) is -12.7. The number of fused-ring (bicyclic) bond motifs is 7. The molecule has 0 unspecified atom stereocenters. The lowest BCUT2D eigenvalue weighted by atomic mass is 9.66. The maximum absolute atomic E-state index is 14.4. The lowest BCUT2D eigenvalue weighted by molar-refractivity contribution is -0.217. The zero-order chi connectivity index (χ0) is 36.1. The molecule has 1 aromatic heterocycles. The van der Waals surface area contributed by atoms with Crippen molar-refractivity contribution in [2.45, 2.75) is 116 Å². The molecule has 4 heterocycles. The van der Waals surface area contributed by atoms with Gasteiger partial charge in [0.2, 0.25) is 11.2 Å². The highest BCUT2D eigenvalue weighted by molar-refractivity contribution is 5.95. The first-order valence-electron chi connectivity index (χ1n) is 16.2. The minimum atomic E-state index is -4.98. The minimum absolute atomic E-state index is 0.0965. The van der Waals surface area contributed by atoms with Gasteiger partial charge in [-0.3, -0.25) is 9.59 Å². The maximum atomic E-state index is 14.4. The summed E-state index contributed by atoms with van der Waals surface area (Å²) in [4.78, 5) is 67.4. The van der Waals surface area contributed by atoms with E-state index >= 15 is 0 Å². The van der Waals surface area contributed by atoms with Crippen molar-refractivity contribution >= 4 is 34.8 Å². The Kier molecular flexibility index (Phi) is 6.38. The summed E-state index contributed by atoms with van der Waals surface area (Å²) < 4.78 is 78.0. The number of benzene rings is 1. The van der Waals surface area contributed by atoms with E-state index in [1.807, 2.05) is 0 Å². The molecule has 5 aliphatic rings. The number of alkyl halides is 3. The van der Waals surface area contributed by atoms with Gasteiger partial charge in [0.25, 0.3) is 0 Å². The van der Waals surface area contributed by atoms with Crippen LogP contribution in [0.4, 0.5) is 13.2 Å². The van der Waals surface area contributed by atoms with Gasteiger partial charge in [0, 0.05) is 22.3 Å². The summed E-state index contributed by atoms with van der Waals surface area (Å²) in [5.74, 6) is -3.26. The molecule has 4 bridgehead atoms. The van der Waals surface area contributed by atoms with Crippen LogP contribution < -0.4 is 10.4 Å². The Morgan fingerprint density at radius 1 is 0.755 bits per heavy atom. The first-order valence-corrected chi connectivity index (χ1v) is 16.2. The average molecular weight is 691 g/mol. The number of halogens is 3. The number of esters is 4. The third-order valence-electron chi connectivity index (χ3n) is 13.1. The number of ether oxygens (including phenoxy) is 5. The molecule has 6 atom stereocenters. The van der Waals surface area contributed by atoms with E-state index in [1.54, 1.807) is 41.5 Å². The fourth-order valence-electron chi connectivity index (χ4n) is 8.83. The Balaban J connectivity index is 1.40. The second-order valence-electron chi connectivity index (χ2n) is 16.0.